The van der Waals surface area contributed by atoms with Crippen LogP contribution in [-0.4, -0.2) is 17.9 Å². The van der Waals surface area contributed by atoms with Crippen molar-refractivity contribution < 1.29 is 14.3 Å². The molecule has 2 aliphatic rings. The highest BCUT2D eigenvalue weighted by atomic mass is 16.8. The van der Waals surface area contributed by atoms with E-state index >= 15 is 0 Å². The standard InChI is InChI=1S/C9H14O3/c1-2-8(10)12-9-6-4-3-5-7(9)11-9/h7H,2-6H2,1H3. The van der Waals surface area contributed by atoms with Gasteiger partial charge in [-0.15, -0.1) is 0 Å². The lowest BCUT2D eigenvalue weighted by atomic mass is 9.98. The molecule has 1 aliphatic heterocycles. The Hall–Kier alpha value is -0.570. The van der Waals surface area contributed by atoms with E-state index in [9.17, 15) is 4.79 Å². The van der Waals surface area contributed by atoms with E-state index in [0.717, 1.165) is 19.3 Å². The molecule has 1 saturated carbocycles. The molecule has 2 rings (SSSR count). The minimum Gasteiger partial charge on any atom is -0.430 e. The Balaban J connectivity index is 1.91. The van der Waals surface area contributed by atoms with Gasteiger partial charge in [0.05, 0.1) is 0 Å². The first-order chi connectivity index (χ1) is 5.77. The zero-order valence-electron chi connectivity index (χ0n) is 7.34. The van der Waals surface area contributed by atoms with Crippen molar-refractivity contribution >= 4 is 5.97 Å². The van der Waals surface area contributed by atoms with Crippen LogP contribution in [0.2, 0.25) is 0 Å². The van der Waals surface area contributed by atoms with Crippen LogP contribution in [0.3, 0.4) is 0 Å². The van der Waals surface area contributed by atoms with Crippen LogP contribution in [0.1, 0.15) is 39.0 Å². The first kappa shape index (κ1) is 8.05. The predicted molar refractivity (Wildman–Crippen MR) is 42.5 cm³/mol. The van der Waals surface area contributed by atoms with Gasteiger partial charge in [0, 0.05) is 12.8 Å². The van der Waals surface area contributed by atoms with Crippen LogP contribution >= 0.6 is 0 Å². The molecule has 0 radical (unpaired) electrons. The van der Waals surface area contributed by atoms with Gasteiger partial charge in [-0.3, -0.25) is 4.79 Å². The quantitative estimate of drug-likeness (QED) is 0.467. The highest BCUT2D eigenvalue weighted by Crippen LogP contribution is 2.48. The van der Waals surface area contributed by atoms with E-state index in [0.29, 0.717) is 6.42 Å². The molecular weight excluding hydrogens is 156 g/mol. The number of hydrogen-bond acceptors (Lipinski definition) is 3. The van der Waals surface area contributed by atoms with Crippen molar-refractivity contribution in [3.63, 3.8) is 0 Å². The highest BCUT2D eigenvalue weighted by Gasteiger charge is 2.60. The van der Waals surface area contributed by atoms with Crippen molar-refractivity contribution in [2.45, 2.75) is 50.9 Å². The second-order valence-corrected chi connectivity index (χ2v) is 3.49. The SMILES string of the molecule is CCC(=O)OC12CCCCC1O2. The molecule has 3 heteroatoms. The molecule has 0 amide bonds. The molecule has 2 fully saturated rings. The maximum Gasteiger partial charge on any atom is 0.308 e. The molecule has 12 heavy (non-hydrogen) atoms. The van der Waals surface area contributed by atoms with E-state index < -0.39 is 5.79 Å². The molecule has 1 aliphatic carbocycles. The molecule has 68 valence electrons. The summed E-state index contributed by atoms with van der Waals surface area (Å²) in [6.07, 6.45) is 4.92. The number of fused-ring (bicyclic) bond motifs is 1. The number of esters is 1. The van der Waals surface area contributed by atoms with E-state index in [4.69, 9.17) is 9.47 Å². The number of hydrogen-bond donors (Lipinski definition) is 0. The number of epoxide rings is 1. The van der Waals surface area contributed by atoms with Crippen molar-refractivity contribution in [1.82, 2.24) is 0 Å². The largest absolute Gasteiger partial charge is 0.430 e. The minimum absolute atomic E-state index is 0.139. The predicted octanol–water partition coefficient (Wildman–Crippen LogP) is 1.61. The summed E-state index contributed by atoms with van der Waals surface area (Å²) >= 11 is 0. The third-order valence-electron chi connectivity index (χ3n) is 2.59. The van der Waals surface area contributed by atoms with Gasteiger partial charge in [-0.05, 0) is 12.8 Å². The third kappa shape index (κ3) is 1.22. The van der Waals surface area contributed by atoms with E-state index in [1.807, 2.05) is 0 Å². The van der Waals surface area contributed by atoms with Crippen molar-refractivity contribution in [2.75, 3.05) is 0 Å². The maximum atomic E-state index is 11.0. The lowest BCUT2D eigenvalue weighted by Gasteiger charge is -2.16. The Morgan fingerprint density at radius 1 is 1.67 bits per heavy atom. The summed E-state index contributed by atoms with van der Waals surface area (Å²) in [7, 11) is 0. The zero-order chi connectivity index (χ0) is 8.60. The first-order valence-corrected chi connectivity index (χ1v) is 4.66. The third-order valence-corrected chi connectivity index (χ3v) is 2.59. The van der Waals surface area contributed by atoms with Gasteiger partial charge in [0.25, 0.3) is 0 Å². The molecule has 1 heterocycles. The average Bonchev–Trinajstić information content (AvgIpc) is 2.78. The summed E-state index contributed by atoms with van der Waals surface area (Å²) < 4.78 is 10.6. The van der Waals surface area contributed by atoms with Gasteiger partial charge < -0.3 is 9.47 Å². The molecule has 0 spiro atoms. The van der Waals surface area contributed by atoms with E-state index in [2.05, 4.69) is 0 Å². The van der Waals surface area contributed by atoms with E-state index in [1.165, 1.54) is 6.42 Å². The average molecular weight is 170 g/mol. The van der Waals surface area contributed by atoms with Crippen LogP contribution in [0.15, 0.2) is 0 Å². The Bertz CT molecular complexity index is 202. The van der Waals surface area contributed by atoms with Gasteiger partial charge in [-0.25, -0.2) is 0 Å². The number of ether oxygens (including phenoxy) is 2. The van der Waals surface area contributed by atoms with Crippen LogP contribution in [0.25, 0.3) is 0 Å². The summed E-state index contributed by atoms with van der Waals surface area (Å²) in [5.41, 5.74) is 0. The second-order valence-electron chi connectivity index (χ2n) is 3.49. The molecule has 3 nitrogen and oxygen atoms in total. The normalized spacial score (nSPS) is 38.6. The molecule has 2 unspecified atom stereocenters. The van der Waals surface area contributed by atoms with Crippen LogP contribution in [0, 0.1) is 0 Å². The van der Waals surface area contributed by atoms with Crippen molar-refractivity contribution in [1.29, 1.82) is 0 Å². The Labute approximate surface area is 72.0 Å². The summed E-state index contributed by atoms with van der Waals surface area (Å²) in [6, 6.07) is 0. The van der Waals surface area contributed by atoms with Gasteiger partial charge >= 0.3 is 5.97 Å². The topological polar surface area (TPSA) is 38.8 Å². The Morgan fingerprint density at radius 3 is 3.17 bits per heavy atom. The molecule has 0 bridgehead atoms. The van der Waals surface area contributed by atoms with Crippen LogP contribution in [-0.2, 0) is 14.3 Å². The van der Waals surface area contributed by atoms with Crippen molar-refractivity contribution in [3.05, 3.63) is 0 Å². The van der Waals surface area contributed by atoms with Crippen LogP contribution < -0.4 is 0 Å². The summed E-state index contributed by atoms with van der Waals surface area (Å²) in [4.78, 5) is 11.0. The summed E-state index contributed by atoms with van der Waals surface area (Å²) in [6.45, 7) is 1.80. The van der Waals surface area contributed by atoms with Crippen molar-refractivity contribution in [3.8, 4) is 0 Å². The Kier molecular flexibility index (Phi) is 1.83. The molecule has 1 saturated heterocycles. The fourth-order valence-electron chi connectivity index (χ4n) is 1.81. The molecule has 2 atom stereocenters. The van der Waals surface area contributed by atoms with Crippen LogP contribution in [0.4, 0.5) is 0 Å². The number of rotatable bonds is 2. The fraction of sp³-hybridized carbons (Fsp3) is 0.889. The highest BCUT2D eigenvalue weighted by molar-refractivity contribution is 5.69. The molecule has 0 aromatic carbocycles. The summed E-state index contributed by atoms with van der Waals surface area (Å²) in [5, 5.41) is 0. The lowest BCUT2D eigenvalue weighted by Crippen LogP contribution is -2.26. The van der Waals surface area contributed by atoms with E-state index in [1.54, 1.807) is 6.92 Å². The molecular formula is C9H14O3. The lowest BCUT2D eigenvalue weighted by molar-refractivity contribution is -0.159. The van der Waals surface area contributed by atoms with Crippen molar-refractivity contribution in [2.24, 2.45) is 0 Å². The number of carbonyl (C=O) groups is 1. The van der Waals surface area contributed by atoms with Gasteiger partial charge in [0.15, 0.2) is 0 Å². The van der Waals surface area contributed by atoms with Gasteiger partial charge in [0.1, 0.15) is 6.10 Å². The number of carbonyl (C=O) groups excluding carboxylic acids is 1. The maximum absolute atomic E-state index is 11.0. The monoisotopic (exact) mass is 170 g/mol. The smallest absolute Gasteiger partial charge is 0.308 e. The molecule has 0 aromatic heterocycles. The van der Waals surface area contributed by atoms with Crippen LogP contribution in [0.5, 0.6) is 0 Å². The van der Waals surface area contributed by atoms with Gasteiger partial charge in [0.2, 0.25) is 5.79 Å². The fourth-order valence-corrected chi connectivity index (χ4v) is 1.81. The second kappa shape index (κ2) is 2.73. The Morgan fingerprint density at radius 2 is 2.50 bits per heavy atom. The van der Waals surface area contributed by atoms with Gasteiger partial charge in [-0.1, -0.05) is 13.3 Å². The zero-order valence-corrected chi connectivity index (χ0v) is 7.34. The van der Waals surface area contributed by atoms with E-state index in [-0.39, 0.29) is 12.1 Å². The molecule has 0 N–H and O–H groups in total. The van der Waals surface area contributed by atoms with Gasteiger partial charge in [-0.2, -0.15) is 0 Å². The minimum atomic E-state index is -0.481. The molecule has 0 aromatic rings. The first-order valence-electron chi connectivity index (χ1n) is 4.66. The summed E-state index contributed by atoms with van der Waals surface area (Å²) in [5.74, 6) is -0.620.